The molecule has 0 bridgehead atoms. The van der Waals surface area contributed by atoms with E-state index in [-0.39, 0.29) is 30.6 Å². The smallest absolute Gasteiger partial charge is 0.223 e. The molecule has 1 aliphatic heterocycles. The van der Waals surface area contributed by atoms with Crippen molar-refractivity contribution < 1.29 is 14.3 Å². The number of halogens is 1. The first-order valence-electron chi connectivity index (χ1n) is 10.4. The summed E-state index contributed by atoms with van der Waals surface area (Å²) in [4.78, 5) is 26.9. The largest absolute Gasteiger partial charge is 0.489 e. The number of ether oxygens (including phenoxy) is 1. The molecule has 1 saturated heterocycles. The highest BCUT2D eigenvalue weighted by molar-refractivity contribution is 6.32. The highest BCUT2D eigenvalue weighted by atomic mass is 35.5. The van der Waals surface area contributed by atoms with Crippen LogP contribution in [0.4, 0.5) is 0 Å². The second kappa shape index (κ2) is 9.79. The molecule has 1 N–H and O–H groups in total. The summed E-state index contributed by atoms with van der Waals surface area (Å²) in [5.74, 6) is 0.557. The highest BCUT2D eigenvalue weighted by Gasteiger charge is 2.25. The lowest BCUT2D eigenvalue weighted by Gasteiger charge is -2.32. The fourth-order valence-electron chi connectivity index (χ4n) is 3.68. The number of hydrogen-bond acceptors (Lipinski definition) is 4. The SMILES string of the molecule is O=C(CCC(=O)N1CCC(Oc2ccccc2Cl)CC1)c1cc(-c2ccccc2)n[nH]1. The molecule has 2 heterocycles. The Bertz CT molecular complexity index is 1040. The van der Waals surface area contributed by atoms with Crippen molar-refractivity contribution >= 4 is 23.3 Å². The van der Waals surface area contributed by atoms with Crippen LogP contribution in [0.15, 0.2) is 60.7 Å². The van der Waals surface area contributed by atoms with Gasteiger partial charge in [-0.05, 0) is 18.2 Å². The number of ketones is 1. The Balaban J connectivity index is 1.24. The minimum Gasteiger partial charge on any atom is -0.489 e. The summed E-state index contributed by atoms with van der Waals surface area (Å²) in [5.41, 5.74) is 2.09. The van der Waals surface area contributed by atoms with Gasteiger partial charge in [-0.25, -0.2) is 0 Å². The summed E-state index contributed by atoms with van der Waals surface area (Å²) >= 11 is 6.15. The van der Waals surface area contributed by atoms with E-state index in [1.54, 1.807) is 12.1 Å². The van der Waals surface area contributed by atoms with Crippen molar-refractivity contribution in [1.29, 1.82) is 0 Å². The van der Waals surface area contributed by atoms with E-state index >= 15 is 0 Å². The molecule has 0 radical (unpaired) electrons. The molecule has 1 fully saturated rings. The van der Waals surface area contributed by atoms with Gasteiger partial charge >= 0.3 is 0 Å². The molecule has 31 heavy (non-hydrogen) atoms. The quantitative estimate of drug-likeness (QED) is 0.540. The number of benzene rings is 2. The lowest BCUT2D eigenvalue weighted by Crippen LogP contribution is -2.41. The number of aromatic nitrogens is 2. The first-order chi connectivity index (χ1) is 15.1. The Morgan fingerprint density at radius 1 is 1.03 bits per heavy atom. The fourth-order valence-corrected chi connectivity index (χ4v) is 3.86. The van der Waals surface area contributed by atoms with Crippen LogP contribution in [0, 0.1) is 0 Å². The van der Waals surface area contributed by atoms with Crippen molar-refractivity contribution in [3.63, 3.8) is 0 Å². The van der Waals surface area contributed by atoms with Gasteiger partial charge in [0, 0.05) is 44.3 Å². The molecule has 0 atom stereocenters. The number of carbonyl (C=O) groups is 2. The minimum atomic E-state index is -0.111. The van der Waals surface area contributed by atoms with E-state index in [0.717, 1.165) is 24.1 Å². The number of nitrogens with zero attached hydrogens (tertiary/aromatic N) is 2. The molecule has 1 aromatic heterocycles. The van der Waals surface area contributed by atoms with E-state index in [1.807, 2.05) is 53.4 Å². The zero-order chi connectivity index (χ0) is 21.6. The van der Waals surface area contributed by atoms with Gasteiger partial charge in [0.25, 0.3) is 0 Å². The van der Waals surface area contributed by atoms with Gasteiger partial charge in [-0.1, -0.05) is 54.1 Å². The van der Waals surface area contributed by atoms with Crippen LogP contribution in [-0.2, 0) is 4.79 Å². The van der Waals surface area contributed by atoms with Gasteiger partial charge < -0.3 is 9.64 Å². The van der Waals surface area contributed by atoms with Crippen molar-refractivity contribution in [1.82, 2.24) is 15.1 Å². The fraction of sp³-hybridized carbons (Fsp3) is 0.292. The monoisotopic (exact) mass is 437 g/mol. The maximum absolute atomic E-state index is 12.6. The molecule has 7 heteroatoms. The summed E-state index contributed by atoms with van der Waals surface area (Å²) in [6, 6.07) is 18.8. The van der Waals surface area contributed by atoms with Crippen LogP contribution in [0.25, 0.3) is 11.3 Å². The predicted octanol–water partition coefficient (Wildman–Crippen LogP) is 4.76. The number of Topliss-reactive ketones (excluding diaryl/α,β-unsaturated/α-hetero) is 1. The van der Waals surface area contributed by atoms with Gasteiger partial charge in [0.2, 0.25) is 5.91 Å². The number of para-hydroxylation sites is 1. The molecule has 160 valence electrons. The molecule has 0 spiro atoms. The van der Waals surface area contributed by atoms with E-state index in [2.05, 4.69) is 10.2 Å². The zero-order valence-electron chi connectivity index (χ0n) is 17.1. The van der Waals surface area contributed by atoms with Crippen molar-refractivity contribution in [2.24, 2.45) is 0 Å². The third-order valence-corrected chi connectivity index (χ3v) is 5.75. The first kappa shape index (κ1) is 21.1. The number of aromatic amines is 1. The summed E-state index contributed by atoms with van der Waals surface area (Å²) in [6.45, 7) is 1.23. The van der Waals surface area contributed by atoms with Crippen molar-refractivity contribution in [3.05, 3.63) is 71.4 Å². The highest BCUT2D eigenvalue weighted by Crippen LogP contribution is 2.27. The van der Waals surface area contributed by atoms with Crippen molar-refractivity contribution in [2.75, 3.05) is 13.1 Å². The number of rotatable bonds is 7. The number of piperidine rings is 1. The molecular weight excluding hydrogens is 414 g/mol. The van der Waals surface area contributed by atoms with Gasteiger partial charge in [0.05, 0.1) is 10.7 Å². The van der Waals surface area contributed by atoms with Crippen LogP contribution >= 0.6 is 11.6 Å². The average Bonchev–Trinajstić information content (AvgIpc) is 3.30. The van der Waals surface area contributed by atoms with Crippen LogP contribution < -0.4 is 4.74 Å². The van der Waals surface area contributed by atoms with Gasteiger partial charge in [0.15, 0.2) is 5.78 Å². The zero-order valence-corrected chi connectivity index (χ0v) is 17.8. The van der Waals surface area contributed by atoms with E-state index < -0.39 is 0 Å². The number of carbonyl (C=O) groups excluding carboxylic acids is 2. The van der Waals surface area contributed by atoms with E-state index in [9.17, 15) is 9.59 Å². The predicted molar refractivity (Wildman–Crippen MR) is 119 cm³/mol. The molecule has 0 unspecified atom stereocenters. The number of amides is 1. The summed E-state index contributed by atoms with van der Waals surface area (Å²) < 4.78 is 5.97. The van der Waals surface area contributed by atoms with Gasteiger partial charge in [-0.2, -0.15) is 5.10 Å². The Morgan fingerprint density at radius 3 is 2.48 bits per heavy atom. The third kappa shape index (κ3) is 5.33. The molecule has 1 aliphatic rings. The maximum Gasteiger partial charge on any atom is 0.223 e. The van der Waals surface area contributed by atoms with Crippen LogP contribution in [0.2, 0.25) is 5.02 Å². The minimum absolute atomic E-state index is 0.00709. The topological polar surface area (TPSA) is 75.3 Å². The molecule has 0 aliphatic carbocycles. The lowest BCUT2D eigenvalue weighted by atomic mass is 10.1. The Labute approximate surface area is 186 Å². The van der Waals surface area contributed by atoms with Crippen molar-refractivity contribution in [2.45, 2.75) is 31.8 Å². The number of nitrogens with one attached hydrogen (secondary N) is 1. The van der Waals surface area contributed by atoms with E-state index in [0.29, 0.717) is 29.6 Å². The summed E-state index contributed by atoms with van der Waals surface area (Å²) in [7, 11) is 0. The normalized spacial score (nSPS) is 14.4. The summed E-state index contributed by atoms with van der Waals surface area (Å²) in [5, 5.41) is 7.59. The van der Waals surface area contributed by atoms with Gasteiger partial charge in [-0.3, -0.25) is 14.7 Å². The molecular formula is C24H24ClN3O3. The first-order valence-corrected chi connectivity index (χ1v) is 10.8. The molecule has 6 nitrogen and oxygen atoms in total. The van der Waals surface area contributed by atoms with Crippen LogP contribution in [0.5, 0.6) is 5.75 Å². The molecule has 1 amide bonds. The number of likely N-dealkylation sites (tertiary alicyclic amines) is 1. The van der Waals surface area contributed by atoms with Crippen LogP contribution in [0.1, 0.15) is 36.2 Å². The van der Waals surface area contributed by atoms with Crippen LogP contribution in [0.3, 0.4) is 0 Å². The second-order valence-electron chi connectivity index (χ2n) is 7.58. The number of hydrogen-bond donors (Lipinski definition) is 1. The van der Waals surface area contributed by atoms with E-state index in [4.69, 9.17) is 16.3 Å². The Hall–Kier alpha value is -3.12. The van der Waals surface area contributed by atoms with Gasteiger partial charge in [0.1, 0.15) is 17.5 Å². The molecule has 4 rings (SSSR count). The van der Waals surface area contributed by atoms with Crippen molar-refractivity contribution in [3.8, 4) is 17.0 Å². The maximum atomic E-state index is 12.6. The average molecular weight is 438 g/mol. The van der Waals surface area contributed by atoms with E-state index in [1.165, 1.54) is 0 Å². The molecule has 3 aromatic rings. The molecule has 0 saturated carbocycles. The number of H-pyrrole nitrogens is 1. The van der Waals surface area contributed by atoms with Gasteiger partial charge in [-0.15, -0.1) is 0 Å². The van der Waals surface area contributed by atoms with Crippen LogP contribution in [-0.4, -0.2) is 46.0 Å². The Morgan fingerprint density at radius 2 is 1.74 bits per heavy atom. The Kier molecular flexibility index (Phi) is 6.67. The third-order valence-electron chi connectivity index (χ3n) is 5.44. The second-order valence-corrected chi connectivity index (χ2v) is 7.99. The summed E-state index contributed by atoms with van der Waals surface area (Å²) in [6.07, 6.45) is 1.87. The lowest BCUT2D eigenvalue weighted by molar-refractivity contribution is -0.132. The molecule has 2 aromatic carbocycles. The standard InChI is InChI=1S/C24H24ClN3O3/c25-19-8-4-5-9-23(19)31-18-12-14-28(15-13-18)24(30)11-10-22(29)21-16-20(26-27-21)17-6-2-1-3-7-17/h1-9,16,18H,10-15H2,(H,26,27).